The quantitative estimate of drug-likeness (QED) is 0.196. The number of hydrogen-bond donors (Lipinski definition) is 3. The number of hydrogen-bond acceptors (Lipinski definition) is 10. The van der Waals surface area contributed by atoms with Crippen LogP contribution in [0.5, 0.6) is 0 Å². The Labute approximate surface area is 190 Å². The highest BCUT2D eigenvalue weighted by Gasteiger charge is 2.17. The number of aromatic amines is 1. The summed E-state index contributed by atoms with van der Waals surface area (Å²) in [4.78, 5) is 23.1. The number of halogens is 2. The highest BCUT2D eigenvalue weighted by Crippen LogP contribution is 2.34. The summed E-state index contributed by atoms with van der Waals surface area (Å²) in [7, 11) is 0. The maximum absolute atomic E-state index is 10.7. The second kappa shape index (κ2) is 9.49. The van der Waals surface area contributed by atoms with Gasteiger partial charge in [-0.2, -0.15) is 5.21 Å². The van der Waals surface area contributed by atoms with Crippen LogP contribution in [0.4, 0.5) is 17.5 Å². The number of aromatic nitrogens is 7. The van der Waals surface area contributed by atoms with Gasteiger partial charge < -0.3 is 10.6 Å². The number of nitrogens with one attached hydrogen (secondary N) is 3. The first-order chi connectivity index (χ1) is 15.5. The fraction of sp³-hybridized carbons (Fsp3) is 0.111. The van der Waals surface area contributed by atoms with Crippen molar-refractivity contribution in [3.63, 3.8) is 0 Å². The summed E-state index contributed by atoms with van der Waals surface area (Å²) in [6.07, 6.45) is 2.77. The van der Waals surface area contributed by atoms with E-state index in [0.29, 0.717) is 57.5 Å². The molecule has 3 N–H and O–H groups in total. The fourth-order valence-corrected chi connectivity index (χ4v) is 3.25. The van der Waals surface area contributed by atoms with Crippen molar-refractivity contribution in [3.8, 4) is 22.6 Å². The molecule has 0 fully saturated rings. The zero-order valence-electron chi connectivity index (χ0n) is 16.2. The molecule has 3 aromatic heterocycles. The first-order valence-electron chi connectivity index (χ1n) is 9.16. The summed E-state index contributed by atoms with van der Waals surface area (Å²) in [5, 5.41) is 31.8. The van der Waals surface area contributed by atoms with Crippen LogP contribution >= 0.6 is 23.2 Å². The van der Waals surface area contributed by atoms with E-state index < -0.39 is 4.92 Å². The van der Waals surface area contributed by atoms with Gasteiger partial charge in [-0.1, -0.05) is 23.2 Å². The number of H-pyrrole nitrogens is 1. The van der Waals surface area contributed by atoms with Gasteiger partial charge in [-0.3, -0.25) is 10.1 Å². The van der Waals surface area contributed by atoms with Crippen molar-refractivity contribution in [2.24, 2.45) is 0 Å². The summed E-state index contributed by atoms with van der Waals surface area (Å²) < 4.78 is 0. The van der Waals surface area contributed by atoms with Crippen LogP contribution < -0.4 is 10.6 Å². The molecule has 3 heterocycles. The predicted molar refractivity (Wildman–Crippen MR) is 119 cm³/mol. The number of pyridine rings is 1. The van der Waals surface area contributed by atoms with E-state index in [1.54, 1.807) is 24.4 Å². The number of rotatable bonds is 8. The van der Waals surface area contributed by atoms with E-state index in [2.05, 4.69) is 46.2 Å². The molecule has 0 saturated carbocycles. The maximum Gasteiger partial charge on any atom is 0.287 e. The van der Waals surface area contributed by atoms with Gasteiger partial charge in [0.05, 0.1) is 21.2 Å². The molecule has 0 atom stereocenters. The van der Waals surface area contributed by atoms with E-state index in [-0.39, 0.29) is 5.69 Å². The van der Waals surface area contributed by atoms with Crippen molar-refractivity contribution in [2.45, 2.75) is 0 Å². The SMILES string of the molecule is O=[N+]([O-])c1ccc(NCCNc2ncc(-c3nn[nH]n3)c(-c3ccc(Cl)cc3Cl)n2)nc1. The molecule has 14 heteroatoms. The van der Waals surface area contributed by atoms with Gasteiger partial charge in [0.15, 0.2) is 0 Å². The normalized spacial score (nSPS) is 10.7. The Balaban J connectivity index is 1.49. The average molecular weight is 473 g/mol. The van der Waals surface area contributed by atoms with Gasteiger partial charge in [-0.15, -0.1) is 10.2 Å². The monoisotopic (exact) mass is 472 g/mol. The first kappa shape index (κ1) is 21.3. The third-order valence-electron chi connectivity index (χ3n) is 4.23. The van der Waals surface area contributed by atoms with E-state index in [4.69, 9.17) is 23.2 Å². The number of nitrogens with zero attached hydrogens (tertiary/aromatic N) is 7. The van der Waals surface area contributed by atoms with Crippen LogP contribution in [0.3, 0.4) is 0 Å². The van der Waals surface area contributed by atoms with Crippen LogP contribution in [-0.4, -0.2) is 53.6 Å². The Morgan fingerprint density at radius 2 is 1.88 bits per heavy atom. The molecular formula is C18H14Cl2N10O2. The summed E-state index contributed by atoms with van der Waals surface area (Å²) >= 11 is 12.4. The lowest BCUT2D eigenvalue weighted by Crippen LogP contribution is -2.16. The van der Waals surface area contributed by atoms with Crippen molar-refractivity contribution in [3.05, 3.63) is 62.9 Å². The third-order valence-corrected chi connectivity index (χ3v) is 4.78. The molecular weight excluding hydrogens is 459 g/mol. The van der Waals surface area contributed by atoms with Crippen LogP contribution in [0.2, 0.25) is 10.0 Å². The summed E-state index contributed by atoms with van der Waals surface area (Å²) in [5.74, 6) is 1.19. The molecule has 4 rings (SSSR count). The second-order valence-corrected chi connectivity index (χ2v) is 7.17. The zero-order valence-corrected chi connectivity index (χ0v) is 17.7. The molecule has 1 aromatic carbocycles. The van der Waals surface area contributed by atoms with Crippen LogP contribution in [-0.2, 0) is 0 Å². The van der Waals surface area contributed by atoms with Gasteiger partial charge >= 0.3 is 0 Å². The molecule has 0 aliphatic carbocycles. The summed E-state index contributed by atoms with van der Waals surface area (Å²) in [6, 6.07) is 8.00. The summed E-state index contributed by atoms with van der Waals surface area (Å²) in [6.45, 7) is 0.922. The van der Waals surface area contributed by atoms with E-state index in [1.807, 2.05) is 0 Å². The molecule has 0 aliphatic heterocycles. The fourth-order valence-electron chi connectivity index (χ4n) is 2.76. The van der Waals surface area contributed by atoms with Crippen molar-refractivity contribution in [1.82, 2.24) is 35.6 Å². The molecule has 0 amide bonds. The lowest BCUT2D eigenvalue weighted by Gasteiger charge is -2.11. The average Bonchev–Trinajstić information content (AvgIpc) is 3.32. The Hall–Kier alpha value is -3.90. The molecule has 0 aliphatic rings. The maximum atomic E-state index is 10.7. The number of tetrazole rings is 1. The lowest BCUT2D eigenvalue weighted by molar-refractivity contribution is -0.385. The molecule has 162 valence electrons. The smallest absolute Gasteiger partial charge is 0.287 e. The van der Waals surface area contributed by atoms with Gasteiger partial charge in [0.2, 0.25) is 11.8 Å². The molecule has 0 bridgehead atoms. The van der Waals surface area contributed by atoms with Crippen LogP contribution in [0.15, 0.2) is 42.7 Å². The van der Waals surface area contributed by atoms with Crippen LogP contribution in [0, 0.1) is 10.1 Å². The minimum absolute atomic E-state index is 0.0721. The van der Waals surface area contributed by atoms with Crippen molar-refractivity contribution in [2.75, 3.05) is 23.7 Å². The van der Waals surface area contributed by atoms with Crippen molar-refractivity contribution < 1.29 is 4.92 Å². The Morgan fingerprint density at radius 1 is 1.03 bits per heavy atom. The molecule has 0 spiro atoms. The second-order valence-electron chi connectivity index (χ2n) is 6.33. The topological polar surface area (TPSA) is 160 Å². The van der Waals surface area contributed by atoms with Gasteiger partial charge in [0.1, 0.15) is 12.0 Å². The molecule has 0 saturated heterocycles. The van der Waals surface area contributed by atoms with Crippen molar-refractivity contribution >= 4 is 40.7 Å². The molecule has 32 heavy (non-hydrogen) atoms. The third kappa shape index (κ3) is 4.87. The zero-order chi connectivity index (χ0) is 22.5. The molecule has 0 unspecified atom stereocenters. The van der Waals surface area contributed by atoms with E-state index in [9.17, 15) is 10.1 Å². The minimum atomic E-state index is -0.502. The number of nitro groups is 1. The van der Waals surface area contributed by atoms with E-state index in [0.717, 1.165) is 0 Å². The first-order valence-corrected chi connectivity index (χ1v) is 9.91. The van der Waals surface area contributed by atoms with Gasteiger partial charge in [0, 0.05) is 35.9 Å². The highest BCUT2D eigenvalue weighted by atomic mass is 35.5. The van der Waals surface area contributed by atoms with Crippen molar-refractivity contribution in [1.29, 1.82) is 0 Å². The van der Waals surface area contributed by atoms with E-state index >= 15 is 0 Å². The van der Waals surface area contributed by atoms with Gasteiger partial charge in [-0.05, 0) is 29.5 Å². The Morgan fingerprint density at radius 3 is 2.56 bits per heavy atom. The minimum Gasteiger partial charge on any atom is -0.368 e. The standard InChI is InChI=1S/C18H14Cl2N10O2/c19-10-1-3-12(14(20)7-10)16-13(17-26-28-29-27-17)9-24-18(25-16)22-6-5-21-15-4-2-11(8-23-15)30(31)32/h1-4,7-9H,5-6H2,(H,21,23)(H,22,24,25)(H,26,27,28,29). The molecule has 12 nitrogen and oxygen atoms in total. The Bertz CT molecular complexity index is 1240. The highest BCUT2D eigenvalue weighted by molar-refractivity contribution is 6.36. The van der Waals surface area contributed by atoms with Crippen LogP contribution in [0.1, 0.15) is 0 Å². The Kier molecular flexibility index (Phi) is 6.33. The lowest BCUT2D eigenvalue weighted by atomic mass is 10.1. The largest absolute Gasteiger partial charge is 0.368 e. The number of anilines is 2. The van der Waals surface area contributed by atoms with Crippen LogP contribution in [0.25, 0.3) is 22.6 Å². The predicted octanol–water partition coefficient (Wildman–Crippen LogP) is 3.46. The van der Waals surface area contributed by atoms with Gasteiger partial charge in [0.25, 0.3) is 5.69 Å². The summed E-state index contributed by atoms with van der Waals surface area (Å²) in [5.41, 5.74) is 1.61. The van der Waals surface area contributed by atoms with E-state index in [1.165, 1.54) is 18.3 Å². The van der Waals surface area contributed by atoms with Gasteiger partial charge in [-0.25, -0.2) is 15.0 Å². The molecule has 0 radical (unpaired) electrons. The molecule has 4 aromatic rings. The number of benzene rings is 1.